The highest BCUT2D eigenvalue weighted by Gasteiger charge is 2.27. The van der Waals surface area contributed by atoms with Gasteiger partial charge >= 0.3 is 5.97 Å². The van der Waals surface area contributed by atoms with E-state index in [9.17, 15) is 4.79 Å². The van der Waals surface area contributed by atoms with Crippen molar-refractivity contribution >= 4 is 17.7 Å². The monoisotopic (exact) mass is 237 g/mol. The molecule has 1 aromatic rings. The average Bonchev–Trinajstić information content (AvgIpc) is 2.39. The first-order chi connectivity index (χ1) is 7.81. The fraction of sp³-hybridized carbons (Fsp3) is 0.417. The zero-order chi connectivity index (χ0) is 11.4. The Morgan fingerprint density at radius 2 is 2.12 bits per heavy atom. The first-order valence-corrected chi connectivity index (χ1v) is 6.43. The van der Waals surface area contributed by atoms with Crippen LogP contribution in [0.2, 0.25) is 0 Å². The van der Waals surface area contributed by atoms with Crippen LogP contribution < -0.4 is 5.32 Å². The Morgan fingerprint density at radius 3 is 2.81 bits per heavy atom. The van der Waals surface area contributed by atoms with Crippen molar-refractivity contribution in [2.45, 2.75) is 12.1 Å². The summed E-state index contributed by atoms with van der Waals surface area (Å²) in [7, 11) is 1.43. The van der Waals surface area contributed by atoms with E-state index >= 15 is 0 Å². The van der Waals surface area contributed by atoms with E-state index in [0.29, 0.717) is 0 Å². The van der Waals surface area contributed by atoms with Crippen LogP contribution in [0.15, 0.2) is 30.3 Å². The van der Waals surface area contributed by atoms with E-state index in [-0.39, 0.29) is 18.1 Å². The van der Waals surface area contributed by atoms with Crippen molar-refractivity contribution in [3.8, 4) is 0 Å². The van der Waals surface area contributed by atoms with E-state index in [1.165, 1.54) is 12.7 Å². The summed E-state index contributed by atoms with van der Waals surface area (Å²) in [6.07, 6.45) is 0. The van der Waals surface area contributed by atoms with E-state index in [1.54, 1.807) is 11.8 Å². The van der Waals surface area contributed by atoms with Crippen molar-refractivity contribution < 1.29 is 9.53 Å². The van der Waals surface area contributed by atoms with Crippen LogP contribution in [0.5, 0.6) is 0 Å². The lowest BCUT2D eigenvalue weighted by atomic mass is 10.1. The standard InChI is InChI=1S/C12H15NO2S/c1-15-12(14)11-8-16-7-10(13-11)9-5-3-2-4-6-9/h2-6,10-11,13H,7-8H2,1H3. The van der Waals surface area contributed by atoms with Crippen LogP contribution in [0.1, 0.15) is 11.6 Å². The van der Waals surface area contributed by atoms with Crippen molar-refractivity contribution in [1.29, 1.82) is 0 Å². The number of carbonyl (C=O) groups excluding carboxylic acids is 1. The molecule has 2 unspecified atom stereocenters. The van der Waals surface area contributed by atoms with Gasteiger partial charge in [0.1, 0.15) is 6.04 Å². The summed E-state index contributed by atoms with van der Waals surface area (Å²) in [6, 6.07) is 10.2. The molecule has 0 spiro atoms. The van der Waals surface area contributed by atoms with Gasteiger partial charge in [-0.1, -0.05) is 30.3 Å². The molecule has 1 aromatic carbocycles. The molecule has 2 atom stereocenters. The quantitative estimate of drug-likeness (QED) is 0.793. The van der Waals surface area contributed by atoms with Gasteiger partial charge in [-0.25, -0.2) is 0 Å². The SMILES string of the molecule is COC(=O)C1CSCC(c2ccccc2)N1. The summed E-state index contributed by atoms with van der Waals surface area (Å²) < 4.78 is 4.76. The van der Waals surface area contributed by atoms with Crippen LogP contribution in [-0.2, 0) is 9.53 Å². The molecule has 86 valence electrons. The lowest BCUT2D eigenvalue weighted by Crippen LogP contribution is -2.45. The molecule has 0 bridgehead atoms. The second-order valence-corrected chi connectivity index (χ2v) is 4.82. The Kier molecular flexibility index (Phi) is 3.85. The smallest absolute Gasteiger partial charge is 0.323 e. The third-order valence-corrected chi connectivity index (χ3v) is 3.80. The van der Waals surface area contributed by atoms with Crippen molar-refractivity contribution in [3.05, 3.63) is 35.9 Å². The second kappa shape index (κ2) is 5.37. The summed E-state index contributed by atoms with van der Waals surface area (Å²) >= 11 is 1.79. The fourth-order valence-electron chi connectivity index (χ4n) is 1.80. The normalized spacial score (nSPS) is 25.1. The molecule has 3 nitrogen and oxygen atoms in total. The van der Waals surface area contributed by atoms with Crippen LogP contribution >= 0.6 is 11.8 Å². The summed E-state index contributed by atoms with van der Waals surface area (Å²) in [5.74, 6) is 1.61. The number of hydrogen-bond acceptors (Lipinski definition) is 4. The molecule has 1 aliphatic heterocycles. The maximum atomic E-state index is 11.4. The minimum Gasteiger partial charge on any atom is -0.468 e. The molecule has 16 heavy (non-hydrogen) atoms. The Balaban J connectivity index is 2.05. The van der Waals surface area contributed by atoms with E-state index in [2.05, 4.69) is 17.4 Å². The molecule has 1 N–H and O–H groups in total. The number of esters is 1. The Labute approximate surface area is 99.6 Å². The number of methoxy groups -OCH3 is 1. The minimum atomic E-state index is -0.186. The zero-order valence-corrected chi connectivity index (χ0v) is 10.00. The molecule has 2 rings (SSSR count). The molecule has 4 heteroatoms. The molecule has 0 saturated carbocycles. The fourth-order valence-corrected chi connectivity index (χ4v) is 2.93. The van der Waals surface area contributed by atoms with Gasteiger partial charge < -0.3 is 4.74 Å². The molecule has 1 aliphatic rings. The third-order valence-electron chi connectivity index (χ3n) is 2.66. The summed E-state index contributed by atoms with van der Waals surface area (Å²) in [5.41, 5.74) is 1.23. The Morgan fingerprint density at radius 1 is 1.38 bits per heavy atom. The lowest BCUT2D eigenvalue weighted by molar-refractivity contribution is -0.142. The second-order valence-electron chi connectivity index (χ2n) is 3.74. The molecule has 0 aliphatic carbocycles. The first-order valence-electron chi connectivity index (χ1n) is 5.28. The first kappa shape index (κ1) is 11.5. The maximum absolute atomic E-state index is 11.4. The molecule has 1 heterocycles. The topological polar surface area (TPSA) is 38.3 Å². The van der Waals surface area contributed by atoms with Crippen molar-refractivity contribution in [2.24, 2.45) is 0 Å². The van der Waals surface area contributed by atoms with Gasteiger partial charge in [0.15, 0.2) is 0 Å². The molecular formula is C12H15NO2S. The molecular weight excluding hydrogens is 222 g/mol. The number of ether oxygens (including phenoxy) is 1. The van der Waals surface area contributed by atoms with Crippen LogP contribution in [0.3, 0.4) is 0 Å². The summed E-state index contributed by atoms with van der Waals surface area (Å²) in [6.45, 7) is 0. The predicted molar refractivity (Wildman–Crippen MR) is 65.4 cm³/mol. The average molecular weight is 237 g/mol. The van der Waals surface area contributed by atoms with Crippen LogP contribution in [-0.4, -0.2) is 30.6 Å². The molecule has 0 amide bonds. The van der Waals surface area contributed by atoms with Crippen molar-refractivity contribution in [3.63, 3.8) is 0 Å². The summed E-state index contributed by atoms with van der Waals surface area (Å²) in [5, 5.41) is 3.33. The number of carbonyl (C=O) groups is 1. The van der Waals surface area contributed by atoms with Gasteiger partial charge in [-0.15, -0.1) is 0 Å². The number of nitrogens with one attached hydrogen (secondary N) is 1. The molecule has 1 saturated heterocycles. The van der Waals surface area contributed by atoms with E-state index in [4.69, 9.17) is 4.74 Å². The molecule has 0 aromatic heterocycles. The van der Waals surface area contributed by atoms with Gasteiger partial charge in [0.05, 0.1) is 7.11 Å². The van der Waals surface area contributed by atoms with E-state index in [0.717, 1.165) is 11.5 Å². The highest BCUT2D eigenvalue weighted by atomic mass is 32.2. The van der Waals surface area contributed by atoms with Gasteiger partial charge in [0, 0.05) is 17.5 Å². The third kappa shape index (κ3) is 2.57. The Hall–Kier alpha value is -1.00. The lowest BCUT2D eigenvalue weighted by Gasteiger charge is -2.29. The number of rotatable bonds is 2. The predicted octanol–water partition coefficient (Wildman–Crippen LogP) is 1.61. The van der Waals surface area contributed by atoms with Crippen LogP contribution in [0.25, 0.3) is 0 Å². The number of thioether (sulfide) groups is 1. The molecule has 1 fully saturated rings. The minimum absolute atomic E-state index is 0.173. The van der Waals surface area contributed by atoms with Crippen molar-refractivity contribution in [1.82, 2.24) is 5.32 Å². The van der Waals surface area contributed by atoms with E-state index in [1.807, 2.05) is 18.2 Å². The highest BCUT2D eigenvalue weighted by molar-refractivity contribution is 7.99. The molecule has 0 radical (unpaired) electrons. The largest absolute Gasteiger partial charge is 0.468 e. The van der Waals surface area contributed by atoms with Gasteiger partial charge in [0.2, 0.25) is 0 Å². The van der Waals surface area contributed by atoms with E-state index < -0.39 is 0 Å². The Bertz CT molecular complexity index is 355. The summed E-state index contributed by atoms with van der Waals surface area (Å²) in [4.78, 5) is 11.4. The number of hydrogen-bond donors (Lipinski definition) is 1. The van der Waals surface area contributed by atoms with Gasteiger partial charge in [-0.3, -0.25) is 10.1 Å². The van der Waals surface area contributed by atoms with Gasteiger partial charge in [-0.05, 0) is 5.56 Å². The van der Waals surface area contributed by atoms with Crippen molar-refractivity contribution in [2.75, 3.05) is 18.6 Å². The van der Waals surface area contributed by atoms with Gasteiger partial charge in [-0.2, -0.15) is 11.8 Å². The maximum Gasteiger partial charge on any atom is 0.323 e. The number of benzene rings is 1. The van der Waals surface area contributed by atoms with Crippen LogP contribution in [0, 0.1) is 0 Å². The zero-order valence-electron chi connectivity index (χ0n) is 9.18. The van der Waals surface area contributed by atoms with Gasteiger partial charge in [0.25, 0.3) is 0 Å². The van der Waals surface area contributed by atoms with Crippen LogP contribution in [0.4, 0.5) is 0 Å². The highest BCUT2D eigenvalue weighted by Crippen LogP contribution is 2.24.